The number of hydrogen-bond acceptors (Lipinski definition) is 6. The number of benzene rings is 5. The van der Waals surface area contributed by atoms with Gasteiger partial charge in [0.25, 0.3) is 10.0 Å². The van der Waals surface area contributed by atoms with Crippen molar-refractivity contribution in [3.63, 3.8) is 0 Å². The minimum Gasteiger partial charge on any atom is -0.382 e. The fraction of sp³-hybridized carbons (Fsp3) is 0.0286. The molecule has 9 heteroatoms. The van der Waals surface area contributed by atoms with Gasteiger partial charge in [0.05, 0.1) is 27.3 Å². The Hall–Kier alpha value is -4.80. The molecule has 0 aliphatic rings. The Kier molecular flexibility index (Phi) is 7.45. The third-order valence-electron chi connectivity index (χ3n) is 7.40. The Bertz CT molecular complexity index is 2190. The Morgan fingerprint density at radius 3 is 2.05 bits per heavy atom. The highest BCUT2D eigenvalue weighted by atomic mass is 32.2. The zero-order valence-corrected chi connectivity index (χ0v) is 24.9. The lowest BCUT2D eigenvalue weighted by molar-refractivity contribution is -0.0786. The Labute approximate surface area is 258 Å². The van der Waals surface area contributed by atoms with Crippen LogP contribution in [0.1, 0.15) is 17.4 Å². The van der Waals surface area contributed by atoms with Crippen molar-refractivity contribution in [2.24, 2.45) is 0 Å². The van der Waals surface area contributed by atoms with Crippen molar-refractivity contribution in [1.82, 2.24) is 7.94 Å². The first kappa shape index (κ1) is 28.0. The van der Waals surface area contributed by atoms with Crippen LogP contribution in [-0.2, 0) is 14.4 Å². The highest BCUT2D eigenvalue weighted by Gasteiger charge is 2.25. The van der Waals surface area contributed by atoms with Crippen LogP contribution in [0.3, 0.4) is 0 Å². The lowest BCUT2D eigenvalue weighted by atomic mass is 10.0. The number of fused-ring (bicyclic) bond motifs is 2. The second kappa shape index (κ2) is 11.7. The van der Waals surface area contributed by atoms with E-state index in [4.69, 9.17) is 9.22 Å². The molecule has 0 aliphatic carbocycles. The summed E-state index contributed by atoms with van der Waals surface area (Å²) in [7, 11) is -3.93. The van der Waals surface area contributed by atoms with Crippen LogP contribution < -0.4 is 4.89 Å². The Morgan fingerprint density at radius 1 is 0.659 bits per heavy atom. The van der Waals surface area contributed by atoms with Gasteiger partial charge in [-0.25, -0.2) is 12.4 Å². The maximum absolute atomic E-state index is 14.0. The quantitative estimate of drug-likeness (QED) is 0.100. The monoisotopic (exact) mass is 618 g/mol. The van der Waals surface area contributed by atoms with Crippen molar-refractivity contribution in [2.75, 3.05) is 0 Å². The van der Waals surface area contributed by atoms with Crippen LogP contribution in [0.25, 0.3) is 33.1 Å². The summed E-state index contributed by atoms with van der Waals surface area (Å²) in [5.74, 6) is 0.548. The molecule has 1 unspecified atom stereocenters. The first-order valence-electron chi connectivity index (χ1n) is 13.9. The number of aliphatic hydroxyl groups excluding tert-OH is 1. The van der Waals surface area contributed by atoms with Crippen molar-refractivity contribution in [1.29, 1.82) is 0 Å². The van der Waals surface area contributed by atoms with Crippen molar-refractivity contribution in [3.8, 4) is 17.0 Å². The molecule has 0 bridgehead atoms. The molecule has 1 atom stereocenters. The second-order valence-electron chi connectivity index (χ2n) is 10.2. The highest BCUT2D eigenvalue weighted by Crippen LogP contribution is 2.36. The predicted octanol–water partition coefficient (Wildman–Crippen LogP) is 8.00. The molecule has 7 nitrogen and oxygen atoms in total. The zero-order valence-electron chi connectivity index (χ0n) is 23.2. The van der Waals surface area contributed by atoms with Gasteiger partial charge >= 0.3 is 0 Å². The van der Waals surface area contributed by atoms with Crippen LogP contribution in [0, 0.1) is 0 Å². The molecule has 44 heavy (non-hydrogen) atoms. The van der Waals surface area contributed by atoms with Gasteiger partial charge in [-0.1, -0.05) is 95.3 Å². The van der Waals surface area contributed by atoms with E-state index in [1.807, 2.05) is 97.1 Å². The summed E-state index contributed by atoms with van der Waals surface area (Å²) >= 11 is 0.959. The molecule has 2 heterocycles. The van der Waals surface area contributed by atoms with Gasteiger partial charge in [-0.3, -0.25) is 3.97 Å². The number of aliphatic hydroxyl groups is 1. The number of rotatable bonds is 9. The number of nitrogens with zero attached hydrogens (tertiary/aromatic N) is 2. The van der Waals surface area contributed by atoms with E-state index in [0.717, 1.165) is 28.5 Å². The van der Waals surface area contributed by atoms with Gasteiger partial charge in [-0.15, -0.1) is 0 Å². The van der Waals surface area contributed by atoms with E-state index in [-0.39, 0.29) is 4.90 Å². The fourth-order valence-electron chi connectivity index (χ4n) is 5.31. The fourth-order valence-corrected chi connectivity index (χ4v) is 7.52. The van der Waals surface area contributed by atoms with Gasteiger partial charge in [0.1, 0.15) is 6.10 Å². The molecule has 218 valence electrons. The minimum absolute atomic E-state index is 0.193. The average molecular weight is 619 g/mol. The number of aromatic nitrogens is 2. The normalized spacial score (nSPS) is 12.5. The summed E-state index contributed by atoms with van der Waals surface area (Å²) in [6.45, 7) is 0. The van der Waals surface area contributed by atoms with E-state index >= 15 is 0 Å². The maximum atomic E-state index is 14.0. The standard InChI is InChI=1S/C35H26N2O5S2/c38-35(34-24-26-12-7-9-20-31(26)36(34)43-42-41-29-16-3-1-4-17-29)28-15-11-14-25(22-28)33-23-27-13-8-10-21-32(27)37(33)44(39,40)30-18-5-2-6-19-30/h1-24,35,38H. The molecular formula is C35H26N2O5S2. The van der Waals surface area contributed by atoms with E-state index in [1.54, 1.807) is 52.5 Å². The lowest BCUT2D eigenvalue weighted by Gasteiger charge is -2.16. The molecule has 2 aromatic heterocycles. The van der Waals surface area contributed by atoms with Crippen LogP contribution in [0.5, 0.6) is 5.75 Å². The van der Waals surface area contributed by atoms with Crippen molar-refractivity contribution in [3.05, 3.63) is 157 Å². The Morgan fingerprint density at radius 2 is 1.30 bits per heavy atom. The molecule has 0 spiro atoms. The van der Waals surface area contributed by atoms with Crippen LogP contribution in [0.4, 0.5) is 0 Å². The van der Waals surface area contributed by atoms with Crippen LogP contribution in [0.15, 0.2) is 150 Å². The smallest absolute Gasteiger partial charge is 0.268 e. The summed E-state index contributed by atoms with van der Waals surface area (Å²) in [4.78, 5) is 5.65. The molecule has 0 aliphatic heterocycles. The predicted molar refractivity (Wildman–Crippen MR) is 174 cm³/mol. The molecule has 0 radical (unpaired) electrons. The topological polar surface area (TPSA) is 82.7 Å². The highest BCUT2D eigenvalue weighted by molar-refractivity contribution is 7.93. The molecule has 0 saturated carbocycles. The molecule has 0 saturated heterocycles. The largest absolute Gasteiger partial charge is 0.382 e. The third kappa shape index (κ3) is 5.16. The number of para-hydroxylation sites is 3. The SMILES string of the molecule is O=S(=O)(c1ccccc1)n1c(-c2cccc(C(O)c3cc4ccccc4n3SOOc3ccccc3)c2)cc2ccccc21. The molecule has 7 rings (SSSR count). The van der Waals surface area contributed by atoms with Gasteiger partial charge in [-0.2, -0.15) is 0 Å². The van der Waals surface area contributed by atoms with Crippen molar-refractivity contribution < 1.29 is 22.7 Å². The maximum Gasteiger partial charge on any atom is 0.268 e. The average Bonchev–Trinajstić information content (AvgIpc) is 3.65. The second-order valence-corrected chi connectivity index (χ2v) is 12.6. The van der Waals surface area contributed by atoms with Crippen molar-refractivity contribution >= 4 is 44.1 Å². The summed E-state index contributed by atoms with van der Waals surface area (Å²) in [6.07, 6.45) is -1.06. The van der Waals surface area contributed by atoms with Crippen molar-refractivity contribution in [2.45, 2.75) is 11.0 Å². The van der Waals surface area contributed by atoms with Crippen LogP contribution in [-0.4, -0.2) is 21.5 Å². The van der Waals surface area contributed by atoms with Gasteiger partial charge < -0.3 is 9.99 Å². The van der Waals surface area contributed by atoms with E-state index < -0.39 is 16.1 Å². The molecule has 1 N–H and O–H groups in total. The van der Waals surface area contributed by atoms with E-state index in [0.29, 0.717) is 33.8 Å². The lowest BCUT2D eigenvalue weighted by Crippen LogP contribution is -2.14. The van der Waals surface area contributed by atoms with Gasteiger partial charge in [0.15, 0.2) is 18.0 Å². The van der Waals surface area contributed by atoms with E-state index in [2.05, 4.69) is 0 Å². The molecule has 7 aromatic rings. The molecule has 0 amide bonds. The molecule has 0 fully saturated rings. The van der Waals surface area contributed by atoms with Crippen LogP contribution >= 0.6 is 12.2 Å². The molecular weight excluding hydrogens is 593 g/mol. The summed E-state index contributed by atoms with van der Waals surface area (Å²) in [6, 6.07) is 43.8. The first-order valence-corrected chi connectivity index (χ1v) is 16.0. The van der Waals surface area contributed by atoms with Gasteiger partial charge in [0.2, 0.25) is 0 Å². The van der Waals surface area contributed by atoms with Gasteiger partial charge in [0, 0.05) is 10.8 Å². The first-order chi connectivity index (χ1) is 21.5. The molecule has 5 aromatic carbocycles. The number of hydrogen-bond donors (Lipinski definition) is 1. The van der Waals surface area contributed by atoms with Gasteiger partial charge in [-0.05, 0) is 65.7 Å². The summed E-state index contributed by atoms with van der Waals surface area (Å²) in [5, 5.41) is 13.5. The Balaban J connectivity index is 1.29. The van der Waals surface area contributed by atoms with E-state index in [1.165, 1.54) is 3.97 Å². The van der Waals surface area contributed by atoms with Crippen LogP contribution in [0.2, 0.25) is 0 Å². The third-order valence-corrected chi connectivity index (χ3v) is 9.83. The zero-order chi connectivity index (χ0) is 30.1. The minimum atomic E-state index is -3.93. The summed E-state index contributed by atoms with van der Waals surface area (Å²) < 4.78 is 36.6. The summed E-state index contributed by atoms with van der Waals surface area (Å²) in [5.41, 5.74) is 3.72. The van der Waals surface area contributed by atoms with E-state index in [9.17, 15) is 13.5 Å².